The average Bonchev–Trinajstić information content (AvgIpc) is 3.45. The van der Waals surface area contributed by atoms with Crippen LogP contribution in [0.5, 0.6) is 0 Å². The Morgan fingerprint density at radius 2 is 1.32 bits per heavy atom. The minimum absolute atomic E-state index is 0.733. The molecule has 1 radical (unpaired) electrons. The molecule has 0 bridgehead atoms. The van der Waals surface area contributed by atoms with Crippen molar-refractivity contribution in [3.63, 3.8) is 0 Å². The third kappa shape index (κ3) is 4.05. The lowest BCUT2D eigenvalue weighted by Crippen LogP contribution is -2.49. The predicted octanol–water partition coefficient (Wildman–Crippen LogP) is 6.54. The van der Waals surface area contributed by atoms with Gasteiger partial charge in [0.1, 0.15) is 0 Å². The first kappa shape index (κ1) is 23.6. The molecular formula is C32H30BN2O2. The minimum atomic E-state index is -0.981. The molecule has 6 aromatic rings. The topological polar surface area (TPSA) is 39.3 Å². The summed E-state index contributed by atoms with van der Waals surface area (Å²) < 4.78 is 10.7. The van der Waals surface area contributed by atoms with Gasteiger partial charge in [-0.25, -0.2) is 0 Å². The van der Waals surface area contributed by atoms with Gasteiger partial charge in [-0.2, -0.15) is 0 Å². The highest BCUT2D eigenvalue weighted by Crippen LogP contribution is 2.35. The van der Waals surface area contributed by atoms with Crippen molar-refractivity contribution in [3.05, 3.63) is 103 Å². The smallest absolute Gasteiger partial charge is 0.330 e. The van der Waals surface area contributed by atoms with Crippen LogP contribution in [0, 0.1) is 0 Å². The molecule has 2 heterocycles. The van der Waals surface area contributed by atoms with Gasteiger partial charge in [0, 0.05) is 33.7 Å². The second-order valence-corrected chi connectivity index (χ2v) is 10.7. The Labute approximate surface area is 218 Å². The quantitative estimate of drug-likeness (QED) is 0.272. The fraction of sp³-hybridized carbons (Fsp3) is 0.188. The van der Waals surface area contributed by atoms with Crippen molar-refractivity contribution in [1.29, 1.82) is 0 Å². The molecule has 4 aromatic carbocycles. The van der Waals surface area contributed by atoms with Crippen molar-refractivity contribution in [2.75, 3.05) is 0 Å². The van der Waals surface area contributed by atoms with Crippen molar-refractivity contribution >= 4 is 45.7 Å². The van der Waals surface area contributed by atoms with Gasteiger partial charge in [-0.3, -0.25) is 0 Å². The molecule has 0 amide bonds. The Morgan fingerprint density at radius 1 is 0.676 bits per heavy atom. The van der Waals surface area contributed by atoms with Crippen molar-refractivity contribution in [1.82, 2.24) is 9.13 Å². The summed E-state index contributed by atoms with van der Waals surface area (Å²) in [7, 11) is 1.76. The maximum Gasteiger partial charge on any atom is 0.330 e. The normalized spacial score (nSPS) is 12.6. The standard InChI is InChI=1S/C32H30BN2O2/c1-31(2,36)32(3,4)37-33-23-15-16-28-26(20-23)27-21-29-22(17-18-34(29)24-11-7-5-8-12-24)19-30(27)35(28)25-13-9-6-10-14-25/h5-21,36H,1-4H3. The number of aliphatic hydroxyl groups is 1. The van der Waals surface area contributed by atoms with Gasteiger partial charge in [0.15, 0.2) is 0 Å². The zero-order chi connectivity index (χ0) is 25.8. The van der Waals surface area contributed by atoms with Crippen LogP contribution >= 0.6 is 0 Å². The number of nitrogens with zero attached hydrogens (tertiary/aromatic N) is 2. The number of benzene rings is 4. The zero-order valence-electron chi connectivity index (χ0n) is 21.6. The molecule has 0 unspecified atom stereocenters. The van der Waals surface area contributed by atoms with Gasteiger partial charge in [-0.15, -0.1) is 0 Å². The fourth-order valence-corrected chi connectivity index (χ4v) is 4.77. The summed E-state index contributed by atoms with van der Waals surface area (Å²) in [6.07, 6.45) is 2.14. The lowest BCUT2D eigenvalue weighted by Gasteiger charge is -2.37. The zero-order valence-corrected chi connectivity index (χ0v) is 21.6. The molecule has 0 aliphatic heterocycles. The van der Waals surface area contributed by atoms with Gasteiger partial charge < -0.3 is 18.9 Å². The van der Waals surface area contributed by atoms with Gasteiger partial charge in [0.25, 0.3) is 0 Å². The van der Waals surface area contributed by atoms with Crippen LogP contribution in [-0.4, -0.2) is 32.9 Å². The van der Waals surface area contributed by atoms with Crippen LogP contribution in [0.15, 0.2) is 103 Å². The first-order chi connectivity index (χ1) is 17.7. The van der Waals surface area contributed by atoms with Gasteiger partial charge in [-0.05, 0) is 76.2 Å². The van der Waals surface area contributed by atoms with Crippen LogP contribution in [0.4, 0.5) is 0 Å². The molecule has 37 heavy (non-hydrogen) atoms. The maximum absolute atomic E-state index is 10.5. The Bertz CT molecular complexity index is 1730. The first-order valence-electron chi connectivity index (χ1n) is 12.7. The molecule has 0 aliphatic carbocycles. The van der Waals surface area contributed by atoms with E-state index in [1.807, 2.05) is 26.0 Å². The van der Waals surface area contributed by atoms with E-state index in [1.54, 1.807) is 21.3 Å². The SMILES string of the molecule is CC(C)(O)C(C)(C)O[B]c1ccc2c(c1)c1cc3c(ccn3-c3ccccc3)cc1n2-c1ccccc1. The monoisotopic (exact) mass is 485 g/mol. The lowest BCUT2D eigenvalue weighted by molar-refractivity contribution is -0.0893. The second-order valence-electron chi connectivity index (χ2n) is 10.7. The molecule has 0 saturated heterocycles. The Balaban J connectivity index is 1.56. The van der Waals surface area contributed by atoms with E-state index in [0.29, 0.717) is 0 Å². The maximum atomic E-state index is 10.5. The van der Waals surface area contributed by atoms with Crippen LogP contribution in [0.25, 0.3) is 44.1 Å². The number of fused-ring (bicyclic) bond motifs is 4. The Morgan fingerprint density at radius 3 is 2.00 bits per heavy atom. The number of aromatic nitrogens is 2. The van der Waals surface area contributed by atoms with Crippen LogP contribution in [-0.2, 0) is 4.65 Å². The lowest BCUT2D eigenvalue weighted by atomic mass is 9.82. The fourth-order valence-electron chi connectivity index (χ4n) is 4.77. The van der Waals surface area contributed by atoms with Crippen molar-refractivity contribution in [2.45, 2.75) is 38.9 Å². The summed E-state index contributed by atoms with van der Waals surface area (Å²) in [6, 6.07) is 34.1. The van der Waals surface area contributed by atoms with E-state index >= 15 is 0 Å². The van der Waals surface area contributed by atoms with Gasteiger partial charge >= 0.3 is 7.48 Å². The molecular weight excluding hydrogens is 455 g/mol. The highest BCUT2D eigenvalue weighted by Gasteiger charge is 2.35. The number of hydrogen-bond acceptors (Lipinski definition) is 2. The first-order valence-corrected chi connectivity index (χ1v) is 12.7. The Hall–Kier alpha value is -3.80. The highest BCUT2D eigenvalue weighted by atomic mass is 16.5. The van der Waals surface area contributed by atoms with Crippen LogP contribution < -0.4 is 5.46 Å². The predicted molar refractivity (Wildman–Crippen MR) is 154 cm³/mol. The molecule has 1 N–H and O–H groups in total. The second kappa shape index (κ2) is 8.65. The van der Waals surface area contributed by atoms with E-state index in [1.165, 1.54) is 16.3 Å². The largest absolute Gasteiger partial charge is 0.427 e. The summed E-state index contributed by atoms with van der Waals surface area (Å²) in [6.45, 7) is 7.34. The van der Waals surface area contributed by atoms with Gasteiger partial charge in [0.05, 0.1) is 27.8 Å². The van der Waals surface area contributed by atoms with Crippen molar-refractivity contribution in [2.24, 2.45) is 0 Å². The molecule has 5 heteroatoms. The number of rotatable bonds is 6. The van der Waals surface area contributed by atoms with E-state index in [0.717, 1.165) is 33.3 Å². The molecule has 0 spiro atoms. The molecule has 0 fully saturated rings. The third-order valence-corrected chi connectivity index (χ3v) is 7.61. The van der Waals surface area contributed by atoms with E-state index in [2.05, 4.69) is 100 Å². The summed E-state index contributed by atoms with van der Waals surface area (Å²) in [5, 5.41) is 14.0. The van der Waals surface area contributed by atoms with Gasteiger partial charge in [0.2, 0.25) is 0 Å². The summed E-state index contributed by atoms with van der Waals surface area (Å²) >= 11 is 0. The average molecular weight is 485 g/mol. The Kier molecular flexibility index (Phi) is 5.52. The molecule has 183 valence electrons. The number of hydrogen-bond donors (Lipinski definition) is 1. The minimum Gasteiger partial charge on any atom is -0.427 e. The van der Waals surface area contributed by atoms with Crippen molar-refractivity contribution in [3.8, 4) is 11.4 Å². The summed E-state index contributed by atoms with van der Waals surface area (Å²) in [4.78, 5) is 0. The van der Waals surface area contributed by atoms with Crippen molar-refractivity contribution < 1.29 is 9.76 Å². The molecule has 0 atom stereocenters. The van der Waals surface area contributed by atoms with Gasteiger partial charge in [-0.1, -0.05) is 54.0 Å². The molecule has 4 nitrogen and oxygen atoms in total. The van der Waals surface area contributed by atoms with E-state index in [-0.39, 0.29) is 0 Å². The van der Waals surface area contributed by atoms with Crippen LogP contribution in [0.2, 0.25) is 0 Å². The number of para-hydroxylation sites is 2. The highest BCUT2D eigenvalue weighted by molar-refractivity contribution is 6.47. The molecule has 2 aromatic heterocycles. The third-order valence-electron chi connectivity index (χ3n) is 7.61. The molecule has 6 rings (SSSR count). The van der Waals surface area contributed by atoms with E-state index < -0.39 is 11.2 Å². The van der Waals surface area contributed by atoms with Crippen LogP contribution in [0.3, 0.4) is 0 Å². The van der Waals surface area contributed by atoms with E-state index in [9.17, 15) is 5.11 Å². The van der Waals surface area contributed by atoms with E-state index in [4.69, 9.17) is 4.65 Å². The summed E-state index contributed by atoms with van der Waals surface area (Å²) in [5.74, 6) is 0. The van der Waals surface area contributed by atoms with Crippen LogP contribution in [0.1, 0.15) is 27.7 Å². The molecule has 0 aliphatic rings. The summed E-state index contributed by atoms with van der Waals surface area (Å²) in [5.41, 5.74) is 4.97. The molecule has 0 saturated carbocycles.